The summed E-state index contributed by atoms with van der Waals surface area (Å²) in [6.07, 6.45) is -0.409. The van der Waals surface area contributed by atoms with Crippen molar-refractivity contribution < 1.29 is 9.47 Å². The largest absolute Gasteiger partial charge is 0.482 e. The molecule has 2 heteroatoms. The molecule has 24 heavy (non-hydrogen) atoms. The molecule has 0 heterocycles. The van der Waals surface area contributed by atoms with Gasteiger partial charge in [0, 0.05) is 7.11 Å². The van der Waals surface area contributed by atoms with E-state index in [1.54, 1.807) is 7.11 Å². The second kappa shape index (κ2) is 7.80. The molecule has 0 amide bonds. The van der Waals surface area contributed by atoms with Crippen molar-refractivity contribution in [2.24, 2.45) is 0 Å². The molecule has 0 aromatic heterocycles. The number of aryl methyl sites for hydroxylation is 1. The lowest BCUT2D eigenvalue weighted by Crippen LogP contribution is -2.19. The minimum Gasteiger partial charge on any atom is -0.482 e. The molecule has 0 aliphatic rings. The van der Waals surface area contributed by atoms with Crippen LogP contribution in [0.1, 0.15) is 28.9 Å². The van der Waals surface area contributed by atoms with Crippen LogP contribution in [0.4, 0.5) is 0 Å². The molecule has 3 aromatic carbocycles. The first-order chi connectivity index (χ1) is 11.8. The van der Waals surface area contributed by atoms with Gasteiger partial charge in [-0.2, -0.15) is 0 Å². The molecule has 0 aliphatic heterocycles. The topological polar surface area (TPSA) is 18.5 Å². The minimum atomic E-state index is -0.223. The highest BCUT2D eigenvalue weighted by molar-refractivity contribution is 5.34. The van der Waals surface area contributed by atoms with Gasteiger partial charge in [-0.3, -0.25) is 0 Å². The molecule has 0 aliphatic carbocycles. The predicted octanol–water partition coefficient (Wildman–Crippen LogP) is 5.50. The summed E-state index contributed by atoms with van der Waals surface area (Å²) in [4.78, 5) is 0. The van der Waals surface area contributed by atoms with Gasteiger partial charge in [-0.25, -0.2) is 0 Å². The summed E-state index contributed by atoms with van der Waals surface area (Å²) in [5, 5.41) is 0. The van der Waals surface area contributed by atoms with Gasteiger partial charge in [-0.1, -0.05) is 78.9 Å². The van der Waals surface area contributed by atoms with Crippen molar-refractivity contribution >= 4 is 0 Å². The summed E-state index contributed by atoms with van der Waals surface area (Å²) in [6, 6.07) is 28.5. The Morgan fingerprint density at radius 2 is 1.12 bits per heavy atom. The molecule has 0 unspecified atom stereocenters. The molecule has 3 rings (SSSR count). The molecular weight excluding hydrogens is 296 g/mol. The number of benzene rings is 3. The van der Waals surface area contributed by atoms with Gasteiger partial charge in [0.25, 0.3) is 0 Å². The quantitative estimate of drug-likeness (QED) is 0.597. The van der Waals surface area contributed by atoms with Crippen LogP contribution < -0.4 is 4.74 Å². The van der Waals surface area contributed by atoms with Crippen LogP contribution in [0.15, 0.2) is 84.9 Å². The van der Waals surface area contributed by atoms with E-state index in [2.05, 4.69) is 37.3 Å². The van der Waals surface area contributed by atoms with E-state index in [4.69, 9.17) is 9.47 Å². The molecule has 2 atom stereocenters. The third-order valence-corrected chi connectivity index (χ3v) is 4.13. The SMILES string of the molecule is CO[C@H](c1ccccc1)[C@H](Oc1ccccc1C)c1ccccc1. The van der Waals surface area contributed by atoms with Crippen LogP contribution in [-0.4, -0.2) is 7.11 Å². The van der Waals surface area contributed by atoms with E-state index in [-0.39, 0.29) is 12.2 Å². The van der Waals surface area contributed by atoms with Gasteiger partial charge in [0.05, 0.1) is 0 Å². The van der Waals surface area contributed by atoms with Crippen LogP contribution in [0.3, 0.4) is 0 Å². The number of rotatable bonds is 6. The first-order valence-electron chi connectivity index (χ1n) is 8.14. The lowest BCUT2D eigenvalue weighted by molar-refractivity contribution is -0.00129. The van der Waals surface area contributed by atoms with Crippen molar-refractivity contribution in [3.05, 3.63) is 102 Å². The van der Waals surface area contributed by atoms with Crippen molar-refractivity contribution in [1.82, 2.24) is 0 Å². The van der Waals surface area contributed by atoms with Crippen LogP contribution in [-0.2, 0) is 4.74 Å². The van der Waals surface area contributed by atoms with E-state index in [9.17, 15) is 0 Å². The van der Waals surface area contributed by atoms with Gasteiger partial charge in [0.1, 0.15) is 11.9 Å². The van der Waals surface area contributed by atoms with Gasteiger partial charge < -0.3 is 9.47 Å². The highest BCUT2D eigenvalue weighted by atomic mass is 16.5. The molecule has 0 saturated carbocycles. The van der Waals surface area contributed by atoms with Gasteiger partial charge in [0.15, 0.2) is 6.10 Å². The molecular formula is C22H22O2. The molecule has 2 nitrogen and oxygen atoms in total. The van der Waals surface area contributed by atoms with Gasteiger partial charge in [-0.15, -0.1) is 0 Å². The van der Waals surface area contributed by atoms with E-state index >= 15 is 0 Å². The minimum absolute atomic E-state index is 0.187. The van der Waals surface area contributed by atoms with Crippen molar-refractivity contribution in [2.45, 2.75) is 19.1 Å². The number of ether oxygens (including phenoxy) is 2. The highest BCUT2D eigenvalue weighted by Gasteiger charge is 2.27. The standard InChI is InChI=1S/C22H22O2/c1-17-11-9-10-16-20(17)24-22(19-14-7-4-8-15-19)21(23-2)18-12-5-3-6-13-18/h3-16,21-22H,1-2H3/t21-,22-/m1/s1. The second-order valence-corrected chi connectivity index (χ2v) is 5.78. The van der Waals surface area contributed by atoms with Crippen LogP contribution in [0.5, 0.6) is 5.75 Å². The third-order valence-electron chi connectivity index (χ3n) is 4.13. The average molecular weight is 318 g/mol. The van der Waals surface area contributed by atoms with Crippen LogP contribution >= 0.6 is 0 Å². The van der Waals surface area contributed by atoms with Crippen molar-refractivity contribution in [1.29, 1.82) is 0 Å². The van der Waals surface area contributed by atoms with E-state index < -0.39 is 0 Å². The summed E-state index contributed by atoms with van der Waals surface area (Å²) in [6.45, 7) is 2.06. The summed E-state index contributed by atoms with van der Waals surface area (Å²) < 4.78 is 12.3. The number of methoxy groups -OCH3 is 1. The zero-order chi connectivity index (χ0) is 16.8. The zero-order valence-electron chi connectivity index (χ0n) is 14.1. The normalized spacial score (nSPS) is 13.2. The number of hydrogen-bond donors (Lipinski definition) is 0. The van der Waals surface area contributed by atoms with E-state index in [0.29, 0.717) is 0 Å². The summed E-state index contributed by atoms with van der Waals surface area (Å²) in [5.41, 5.74) is 3.31. The van der Waals surface area contributed by atoms with Gasteiger partial charge in [0.2, 0.25) is 0 Å². The number of hydrogen-bond acceptors (Lipinski definition) is 2. The third kappa shape index (κ3) is 3.66. The Balaban J connectivity index is 2.00. The Bertz CT molecular complexity index is 753. The smallest absolute Gasteiger partial charge is 0.154 e. The van der Waals surface area contributed by atoms with Crippen molar-refractivity contribution in [3.63, 3.8) is 0 Å². The van der Waals surface area contributed by atoms with Gasteiger partial charge in [-0.05, 0) is 29.7 Å². The average Bonchev–Trinajstić information content (AvgIpc) is 2.65. The summed E-state index contributed by atoms with van der Waals surface area (Å²) in [7, 11) is 1.73. The maximum atomic E-state index is 6.41. The Labute approximate surface area is 143 Å². The second-order valence-electron chi connectivity index (χ2n) is 5.78. The fourth-order valence-electron chi connectivity index (χ4n) is 2.85. The fourth-order valence-corrected chi connectivity index (χ4v) is 2.85. The van der Waals surface area contributed by atoms with Gasteiger partial charge >= 0.3 is 0 Å². The fraction of sp³-hybridized carbons (Fsp3) is 0.182. The first kappa shape index (κ1) is 16.3. The molecule has 3 aromatic rings. The maximum Gasteiger partial charge on any atom is 0.154 e. The Hall–Kier alpha value is -2.58. The molecule has 0 bridgehead atoms. The zero-order valence-corrected chi connectivity index (χ0v) is 14.1. The lowest BCUT2D eigenvalue weighted by atomic mass is 9.97. The molecule has 0 radical (unpaired) electrons. The predicted molar refractivity (Wildman–Crippen MR) is 97.2 cm³/mol. The summed E-state index contributed by atoms with van der Waals surface area (Å²) >= 11 is 0. The van der Waals surface area contributed by atoms with Crippen molar-refractivity contribution in [3.8, 4) is 5.75 Å². The van der Waals surface area contributed by atoms with E-state index in [1.807, 2.05) is 54.6 Å². The van der Waals surface area contributed by atoms with Crippen LogP contribution in [0, 0.1) is 6.92 Å². The molecule has 0 spiro atoms. The summed E-state index contributed by atoms with van der Waals surface area (Å²) in [5.74, 6) is 0.879. The van der Waals surface area contributed by atoms with E-state index in [1.165, 1.54) is 0 Å². The Morgan fingerprint density at radius 3 is 1.67 bits per heavy atom. The lowest BCUT2D eigenvalue weighted by Gasteiger charge is -2.28. The van der Waals surface area contributed by atoms with E-state index in [0.717, 1.165) is 22.4 Å². The van der Waals surface area contributed by atoms with Crippen LogP contribution in [0.25, 0.3) is 0 Å². The number of para-hydroxylation sites is 1. The molecule has 0 fully saturated rings. The molecule has 0 saturated heterocycles. The molecule has 122 valence electrons. The highest BCUT2D eigenvalue weighted by Crippen LogP contribution is 2.36. The maximum absolute atomic E-state index is 6.41. The van der Waals surface area contributed by atoms with Crippen molar-refractivity contribution in [2.75, 3.05) is 7.11 Å². The first-order valence-corrected chi connectivity index (χ1v) is 8.14. The molecule has 0 N–H and O–H groups in total. The van der Waals surface area contributed by atoms with Crippen LogP contribution in [0.2, 0.25) is 0 Å². The Kier molecular flexibility index (Phi) is 5.29. The monoisotopic (exact) mass is 318 g/mol. The Morgan fingerprint density at radius 1 is 0.625 bits per heavy atom.